The van der Waals surface area contributed by atoms with Crippen LogP contribution in [0.5, 0.6) is 11.5 Å². The van der Waals surface area contributed by atoms with E-state index in [1.165, 1.54) is 0 Å². The number of rotatable bonds is 1. The first-order chi connectivity index (χ1) is 8.25. The van der Waals surface area contributed by atoms with Crippen LogP contribution in [0.1, 0.15) is 24.5 Å². The molecule has 1 heterocycles. The summed E-state index contributed by atoms with van der Waals surface area (Å²) in [5, 5.41) is 10.9. The maximum Gasteiger partial charge on any atom is 0.133 e. The first-order valence-electron chi connectivity index (χ1n) is 5.85. The average molecular weight is 226 g/mol. The largest absolute Gasteiger partial charge is 0.457 e. The van der Waals surface area contributed by atoms with Gasteiger partial charge in [0.15, 0.2) is 0 Å². The molecule has 0 saturated heterocycles. The molecular weight excluding hydrogens is 212 g/mol. The lowest BCUT2D eigenvalue weighted by molar-refractivity contribution is 0.0655. The molecule has 0 bridgehead atoms. The molecule has 0 aromatic heterocycles. The van der Waals surface area contributed by atoms with Crippen LogP contribution in [0.2, 0.25) is 0 Å². The molecule has 0 spiro atoms. The number of fused-ring (bicyclic) bond motifs is 2. The normalized spacial score (nSPS) is 15.6. The lowest BCUT2D eigenvalue weighted by Crippen LogP contribution is -2.30. The smallest absolute Gasteiger partial charge is 0.133 e. The Balaban J connectivity index is 2.28. The zero-order valence-electron chi connectivity index (χ0n) is 9.68. The van der Waals surface area contributed by atoms with Crippen LogP contribution in [0.3, 0.4) is 0 Å². The first-order valence-corrected chi connectivity index (χ1v) is 5.85. The van der Waals surface area contributed by atoms with Crippen LogP contribution in [-0.2, 0) is 5.60 Å². The molecule has 1 aliphatic heterocycles. The summed E-state index contributed by atoms with van der Waals surface area (Å²) in [6.45, 7) is 1.98. The minimum Gasteiger partial charge on any atom is -0.457 e. The molecule has 17 heavy (non-hydrogen) atoms. The summed E-state index contributed by atoms with van der Waals surface area (Å²) in [6.07, 6.45) is 0.629. The van der Waals surface area contributed by atoms with E-state index in [0.717, 1.165) is 22.6 Å². The Labute approximate surface area is 100 Å². The van der Waals surface area contributed by atoms with Gasteiger partial charge in [0.1, 0.15) is 17.1 Å². The number of aliphatic hydroxyl groups is 1. The molecule has 0 aliphatic carbocycles. The number of hydrogen-bond donors (Lipinski definition) is 1. The quantitative estimate of drug-likeness (QED) is 0.807. The van der Waals surface area contributed by atoms with Gasteiger partial charge in [-0.2, -0.15) is 0 Å². The minimum atomic E-state index is -0.939. The van der Waals surface area contributed by atoms with E-state index in [2.05, 4.69) is 0 Å². The Bertz CT molecular complexity index is 515. The van der Waals surface area contributed by atoms with Gasteiger partial charge in [-0.25, -0.2) is 0 Å². The fourth-order valence-electron chi connectivity index (χ4n) is 2.44. The van der Waals surface area contributed by atoms with Crippen LogP contribution in [-0.4, -0.2) is 5.11 Å². The highest BCUT2D eigenvalue weighted by molar-refractivity contribution is 5.55. The van der Waals surface area contributed by atoms with Gasteiger partial charge in [-0.15, -0.1) is 0 Å². The SMILES string of the molecule is CCC1(O)c2ccccc2Oc2ccccc21. The van der Waals surface area contributed by atoms with Crippen molar-refractivity contribution >= 4 is 0 Å². The maximum absolute atomic E-state index is 10.9. The molecule has 1 aliphatic rings. The average Bonchev–Trinajstić information content (AvgIpc) is 2.39. The molecule has 2 aromatic rings. The van der Waals surface area contributed by atoms with Crippen molar-refractivity contribution in [3.63, 3.8) is 0 Å². The molecule has 1 N–H and O–H groups in total. The zero-order valence-corrected chi connectivity index (χ0v) is 9.68. The van der Waals surface area contributed by atoms with Crippen molar-refractivity contribution in [3.05, 3.63) is 59.7 Å². The van der Waals surface area contributed by atoms with Crippen molar-refractivity contribution in [1.29, 1.82) is 0 Å². The van der Waals surface area contributed by atoms with Crippen LogP contribution in [0.25, 0.3) is 0 Å². The summed E-state index contributed by atoms with van der Waals surface area (Å²) in [4.78, 5) is 0. The lowest BCUT2D eigenvalue weighted by Gasteiger charge is -2.35. The molecule has 2 aromatic carbocycles. The number of hydrogen-bond acceptors (Lipinski definition) is 2. The number of ether oxygens (including phenoxy) is 1. The second kappa shape index (κ2) is 3.60. The summed E-state index contributed by atoms with van der Waals surface area (Å²) in [7, 11) is 0. The molecule has 0 atom stereocenters. The Kier molecular flexibility index (Phi) is 2.20. The molecule has 0 amide bonds. The van der Waals surface area contributed by atoms with E-state index in [1.54, 1.807) is 0 Å². The third-order valence-corrected chi connectivity index (χ3v) is 3.40. The minimum absolute atomic E-state index is 0.629. The van der Waals surface area contributed by atoms with Gasteiger partial charge in [0.05, 0.1) is 0 Å². The highest BCUT2D eigenvalue weighted by Crippen LogP contribution is 2.47. The molecule has 0 radical (unpaired) electrons. The first kappa shape index (κ1) is 10.4. The number of para-hydroxylation sites is 2. The van der Waals surface area contributed by atoms with Gasteiger partial charge in [-0.1, -0.05) is 43.3 Å². The molecule has 2 nitrogen and oxygen atoms in total. The summed E-state index contributed by atoms with van der Waals surface area (Å²) in [5.41, 5.74) is 0.758. The Morgan fingerprint density at radius 3 is 1.88 bits per heavy atom. The van der Waals surface area contributed by atoms with E-state index in [1.807, 2.05) is 55.5 Å². The Morgan fingerprint density at radius 1 is 0.941 bits per heavy atom. The third-order valence-electron chi connectivity index (χ3n) is 3.40. The van der Waals surface area contributed by atoms with Crippen molar-refractivity contribution in [1.82, 2.24) is 0 Å². The van der Waals surface area contributed by atoms with Crippen molar-refractivity contribution < 1.29 is 9.84 Å². The summed E-state index contributed by atoms with van der Waals surface area (Å²) < 4.78 is 5.81. The van der Waals surface area contributed by atoms with Gasteiger partial charge in [-0.3, -0.25) is 0 Å². The molecular formula is C15H14O2. The molecule has 86 valence electrons. The monoisotopic (exact) mass is 226 g/mol. The number of benzene rings is 2. The van der Waals surface area contributed by atoms with E-state index in [-0.39, 0.29) is 0 Å². The summed E-state index contributed by atoms with van der Waals surface area (Å²) in [6, 6.07) is 15.3. The van der Waals surface area contributed by atoms with Gasteiger partial charge in [0, 0.05) is 11.1 Å². The van der Waals surface area contributed by atoms with E-state index >= 15 is 0 Å². The predicted octanol–water partition coefficient (Wildman–Crippen LogP) is 3.44. The van der Waals surface area contributed by atoms with Crippen molar-refractivity contribution in [2.24, 2.45) is 0 Å². The van der Waals surface area contributed by atoms with Crippen LogP contribution >= 0.6 is 0 Å². The molecule has 2 heteroatoms. The van der Waals surface area contributed by atoms with E-state index < -0.39 is 5.60 Å². The highest BCUT2D eigenvalue weighted by atomic mass is 16.5. The summed E-state index contributed by atoms with van der Waals surface area (Å²) in [5.74, 6) is 1.49. The molecule has 0 unspecified atom stereocenters. The van der Waals surface area contributed by atoms with Crippen molar-refractivity contribution in [3.8, 4) is 11.5 Å². The maximum atomic E-state index is 10.9. The Morgan fingerprint density at radius 2 is 1.41 bits per heavy atom. The van der Waals surface area contributed by atoms with Gasteiger partial charge in [0.2, 0.25) is 0 Å². The van der Waals surface area contributed by atoms with Gasteiger partial charge in [0.25, 0.3) is 0 Å². The fourth-order valence-corrected chi connectivity index (χ4v) is 2.44. The Hall–Kier alpha value is -1.80. The highest BCUT2D eigenvalue weighted by Gasteiger charge is 2.38. The predicted molar refractivity (Wildman–Crippen MR) is 66.2 cm³/mol. The van der Waals surface area contributed by atoms with E-state index in [9.17, 15) is 5.11 Å². The van der Waals surface area contributed by atoms with Gasteiger partial charge < -0.3 is 9.84 Å². The van der Waals surface area contributed by atoms with E-state index in [4.69, 9.17) is 4.74 Å². The molecule has 0 saturated carbocycles. The van der Waals surface area contributed by atoms with Crippen molar-refractivity contribution in [2.75, 3.05) is 0 Å². The second-order valence-corrected chi connectivity index (χ2v) is 4.31. The second-order valence-electron chi connectivity index (χ2n) is 4.31. The molecule has 3 rings (SSSR count). The third kappa shape index (κ3) is 1.38. The van der Waals surface area contributed by atoms with Crippen LogP contribution in [0, 0.1) is 0 Å². The van der Waals surface area contributed by atoms with Crippen LogP contribution in [0.4, 0.5) is 0 Å². The molecule has 0 fully saturated rings. The zero-order chi connectivity index (χ0) is 11.9. The van der Waals surface area contributed by atoms with E-state index in [0.29, 0.717) is 6.42 Å². The van der Waals surface area contributed by atoms with Crippen LogP contribution < -0.4 is 4.74 Å². The van der Waals surface area contributed by atoms with Gasteiger partial charge >= 0.3 is 0 Å². The standard InChI is InChI=1S/C15H14O2/c1-2-15(16)11-7-3-5-9-13(11)17-14-10-6-4-8-12(14)15/h3-10,16H,2H2,1H3. The van der Waals surface area contributed by atoms with Gasteiger partial charge in [-0.05, 0) is 18.6 Å². The van der Waals surface area contributed by atoms with Crippen LogP contribution in [0.15, 0.2) is 48.5 Å². The lowest BCUT2D eigenvalue weighted by atomic mass is 9.81. The van der Waals surface area contributed by atoms with Crippen molar-refractivity contribution in [2.45, 2.75) is 18.9 Å². The topological polar surface area (TPSA) is 29.5 Å². The summed E-state index contributed by atoms with van der Waals surface area (Å²) >= 11 is 0. The fraction of sp³-hybridized carbons (Fsp3) is 0.200.